The average molecular weight is 343 g/mol. The second-order valence-corrected chi connectivity index (χ2v) is 6.79. The Morgan fingerprint density at radius 3 is 2.92 bits per heavy atom. The van der Waals surface area contributed by atoms with Gasteiger partial charge < -0.3 is 19.4 Å². The van der Waals surface area contributed by atoms with E-state index in [1.165, 1.54) is 0 Å². The lowest BCUT2D eigenvalue weighted by Gasteiger charge is -2.35. The van der Waals surface area contributed by atoms with Crippen LogP contribution in [0.4, 0.5) is 0 Å². The molecule has 1 unspecified atom stereocenters. The summed E-state index contributed by atoms with van der Waals surface area (Å²) in [6, 6.07) is 6.19. The van der Waals surface area contributed by atoms with E-state index in [1.54, 1.807) is 0 Å². The summed E-state index contributed by atoms with van der Waals surface area (Å²) in [6.07, 6.45) is 4.64. The number of amides is 1. The largest absolute Gasteiger partial charge is 0.378 e. The standard InChI is InChI=1S/C18H25N5O2/c24-18(11-15-14-25-10-4-19-15)22-8-6-21(7-9-22)12-16-13-23-5-2-1-3-17(23)20-16/h1-3,5,13,15,19H,4,6-12,14H2. The van der Waals surface area contributed by atoms with Crippen LogP contribution in [0.25, 0.3) is 5.65 Å². The first-order valence-corrected chi connectivity index (χ1v) is 9.02. The molecule has 1 atom stereocenters. The Bertz CT molecular complexity index is 684. The smallest absolute Gasteiger partial charge is 0.224 e. The number of hydrogen-bond acceptors (Lipinski definition) is 5. The van der Waals surface area contributed by atoms with Crippen LogP contribution >= 0.6 is 0 Å². The fraction of sp³-hybridized carbons (Fsp3) is 0.556. The lowest BCUT2D eigenvalue weighted by molar-refractivity contribution is -0.134. The number of ether oxygens (including phenoxy) is 1. The first-order chi connectivity index (χ1) is 12.3. The Morgan fingerprint density at radius 2 is 2.16 bits per heavy atom. The summed E-state index contributed by atoms with van der Waals surface area (Å²) in [6.45, 7) is 6.43. The first kappa shape index (κ1) is 16.5. The Labute approximate surface area is 147 Å². The van der Waals surface area contributed by atoms with E-state index in [-0.39, 0.29) is 11.9 Å². The van der Waals surface area contributed by atoms with Crippen molar-refractivity contribution in [3.05, 3.63) is 36.3 Å². The summed E-state index contributed by atoms with van der Waals surface area (Å²) in [7, 11) is 0. The summed E-state index contributed by atoms with van der Waals surface area (Å²) < 4.78 is 7.48. The molecule has 0 aliphatic carbocycles. The molecule has 2 aliphatic rings. The monoisotopic (exact) mass is 343 g/mol. The van der Waals surface area contributed by atoms with Crippen LogP contribution in [0, 0.1) is 0 Å². The molecule has 4 rings (SSSR count). The minimum absolute atomic E-state index is 0.164. The number of aromatic nitrogens is 2. The van der Waals surface area contributed by atoms with E-state index in [0.29, 0.717) is 13.0 Å². The van der Waals surface area contributed by atoms with Gasteiger partial charge in [-0.25, -0.2) is 4.98 Å². The highest BCUT2D eigenvalue weighted by Crippen LogP contribution is 2.11. The Morgan fingerprint density at radius 1 is 1.28 bits per heavy atom. The van der Waals surface area contributed by atoms with Crippen molar-refractivity contribution >= 4 is 11.6 Å². The number of piperazine rings is 1. The summed E-state index contributed by atoms with van der Waals surface area (Å²) in [5, 5.41) is 3.35. The molecule has 2 fully saturated rings. The van der Waals surface area contributed by atoms with Crippen molar-refractivity contribution in [2.75, 3.05) is 45.9 Å². The fourth-order valence-corrected chi connectivity index (χ4v) is 3.54. The maximum absolute atomic E-state index is 12.4. The third-order valence-corrected chi connectivity index (χ3v) is 4.94. The Balaban J connectivity index is 1.26. The van der Waals surface area contributed by atoms with Crippen LogP contribution in [-0.4, -0.2) is 77.1 Å². The number of rotatable bonds is 4. The van der Waals surface area contributed by atoms with Crippen molar-refractivity contribution in [1.29, 1.82) is 0 Å². The molecular weight excluding hydrogens is 318 g/mol. The maximum atomic E-state index is 12.4. The second-order valence-electron chi connectivity index (χ2n) is 6.79. The van der Waals surface area contributed by atoms with Crippen molar-refractivity contribution in [2.45, 2.75) is 19.0 Å². The number of pyridine rings is 1. The lowest BCUT2D eigenvalue weighted by atomic mass is 10.1. The summed E-state index contributed by atoms with van der Waals surface area (Å²) >= 11 is 0. The number of carbonyl (C=O) groups is 1. The molecule has 1 N–H and O–H groups in total. The van der Waals surface area contributed by atoms with E-state index >= 15 is 0 Å². The van der Waals surface area contributed by atoms with E-state index in [4.69, 9.17) is 4.74 Å². The van der Waals surface area contributed by atoms with Gasteiger partial charge in [0.2, 0.25) is 5.91 Å². The highest BCUT2D eigenvalue weighted by molar-refractivity contribution is 5.77. The van der Waals surface area contributed by atoms with Crippen LogP contribution in [0.15, 0.2) is 30.6 Å². The quantitative estimate of drug-likeness (QED) is 0.868. The van der Waals surface area contributed by atoms with Crippen molar-refractivity contribution in [1.82, 2.24) is 24.5 Å². The molecule has 4 heterocycles. The van der Waals surface area contributed by atoms with Gasteiger partial charge in [-0.05, 0) is 12.1 Å². The summed E-state index contributed by atoms with van der Waals surface area (Å²) in [5.41, 5.74) is 2.06. The van der Waals surface area contributed by atoms with Crippen LogP contribution in [0.2, 0.25) is 0 Å². The van der Waals surface area contributed by atoms with Gasteiger partial charge in [0.05, 0.1) is 18.9 Å². The van der Waals surface area contributed by atoms with Crippen molar-refractivity contribution in [3.8, 4) is 0 Å². The Kier molecular flexibility index (Phi) is 4.96. The van der Waals surface area contributed by atoms with Crippen LogP contribution in [-0.2, 0) is 16.1 Å². The summed E-state index contributed by atoms with van der Waals surface area (Å²) in [4.78, 5) is 21.5. The molecule has 0 saturated carbocycles. The number of nitrogens with zero attached hydrogens (tertiary/aromatic N) is 4. The van der Waals surface area contributed by atoms with E-state index in [1.807, 2.05) is 33.7 Å². The third-order valence-electron chi connectivity index (χ3n) is 4.94. The molecule has 0 radical (unpaired) electrons. The molecule has 0 aromatic carbocycles. The predicted molar refractivity (Wildman–Crippen MR) is 94.3 cm³/mol. The van der Waals surface area contributed by atoms with E-state index in [2.05, 4.69) is 21.4 Å². The molecule has 134 valence electrons. The molecule has 0 bridgehead atoms. The first-order valence-electron chi connectivity index (χ1n) is 9.02. The number of carbonyl (C=O) groups excluding carboxylic acids is 1. The van der Waals surface area contributed by atoms with E-state index in [9.17, 15) is 4.79 Å². The molecule has 2 aromatic rings. The van der Waals surface area contributed by atoms with Crippen LogP contribution in [0.3, 0.4) is 0 Å². The molecule has 7 nitrogen and oxygen atoms in total. The molecule has 2 saturated heterocycles. The highest BCUT2D eigenvalue weighted by Gasteiger charge is 2.24. The second kappa shape index (κ2) is 7.51. The zero-order valence-corrected chi connectivity index (χ0v) is 14.4. The number of fused-ring (bicyclic) bond motifs is 1. The molecular formula is C18H25N5O2. The number of hydrogen-bond donors (Lipinski definition) is 1. The lowest BCUT2D eigenvalue weighted by Crippen LogP contribution is -2.51. The van der Waals surface area contributed by atoms with Crippen LogP contribution < -0.4 is 5.32 Å². The molecule has 25 heavy (non-hydrogen) atoms. The zero-order chi connectivity index (χ0) is 17.1. The van der Waals surface area contributed by atoms with Gasteiger partial charge in [-0.2, -0.15) is 0 Å². The van der Waals surface area contributed by atoms with Crippen LogP contribution in [0.1, 0.15) is 12.1 Å². The fourth-order valence-electron chi connectivity index (χ4n) is 3.54. The highest BCUT2D eigenvalue weighted by atomic mass is 16.5. The van der Waals surface area contributed by atoms with Crippen molar-refractivity contribution in [2.24, 2.45) is 0 Å². The Hall–Kier alpha value is -1.96. The molecule has 0 spiro atoms. The average Bonchev–Trinajstić information content (AvgIpc) is 3.05. The number of imidazole rings is 1. The topological polar surface area (TPSA) is 62.1 Å². The molecule has 2 aromatic heterocycles. The third kappa shape index (κ3) is 4.00. The van der Waals surface area contributed by atoms with Gasteiger partial charge in [-0.1, -0.05) is 6.07 Å². The van der Waals surface area contributed by atoms with Crippen LogP contribution in [0.5, 0.6) is 0 Å². The van der Waals surface area contributed by atoms with Crippen molar-refractivity contribution in [3.63, 3.8) is 0 Å². The SMILES string of the molecule is O=C(CC1COCCN1)N1CCN(Cc2cn3ccccc3n2)CC1. The predicted octanol–water partition coefficient (Wildman–Crippen LogP) is 0.357. The minimum Gasteiger partial charge on any atom is -0.378 e. The van der Waals surface area contributed by atoms with Gasteiger partial charge in [0.25, 0.3) is 0 Å². The van der Waals surface area contributed by atoms with Gasteiger partial charge in [-0.3, -0.25) is 9.69 Å². The van der Waals surface area contributed by atoms with Gasteiger partial charge >= 0.3 is 0 Å². The maximum Gasteiger partial charge on any atom is 0.224 e. The zero-order valence-electron chi connectivity index (χ0n) is 14.4. The summed E-state index contributed by atoms with van der Waals surface area (Å²) in [5.74, 6) is 0.232. The normalized spacial score (nSPS) is 22.4. The number of morpholine rings is 1. The number of nitrogens with one attached hydrogen (secondary N) is 1. The van der Waals surface area contributed by atoms with E-state index < -0.39 is 0 Å². The molecule has 2 aliphatic heterocycles. The van der Waals surface area contributed by atoms with E-state index in [0.717, 1.165) is 57.2 Å². The van der Waals surface area contributed by atoms with Gasteiger partial charge in [-0.15, -0.1) is 0 Å². The molecule has 1 amide bonds. The minimum atomic E-state index is 0.164. The van der Waals surface area contributed by atoms with Gasteiger partial charge in [0, 0.05) is 64.1 Å². The van der Waals surface area contributed by atoms with Crippen molar-refractivity contribution < 1.29 is 9.53 Å². The van der Waals surface area contributed by atoms with Gasteiger partial charge in [0.15, 0.2) is 0 Å². The molecule has 7 heteroatoms. The van der Waals surface area contributed by atoms with Gasteiger partial charge in [0.1, 0.15) is 5.65 Å².